The van der Waals surface area contributed by atoms with Gasteiger partial charge in [-0.05, 0) is 35.2 Å². The Hall–Kier alpha value is -1.33. The molecule has 0 aliphatic carbocycles. The molecule has 2 aromatic rings. The summed E-state index contributed by atoms with van der Waals surface area (Å²) in [6.07, 6.45) is 3.37. The minimum Gasteiger partial charge on any atom is -0.382 e. The molecule has 0 aliphatic heterocycles. The fourth-order valence-electron chi connectivity index (χ4n) is 1.74. The number of nitrogens with zero attached hydrogens (tertiary/aromatic N) is 2. The predicted molar refractivity (Wildman–Crippen MR) is 80.3 cm³/mol. The standard InChI is InChI=1S/C13H16ClN3OS/c1-2-6-17-13(18)12(14)11(8-16-17)15-5-3-10-4-7-19-9-10/h4,7-9,15H,2-3,5-6H2,1H3. The molecule has 4 nitrogen and oxygen atoms in total. The van der Waals surface area contributed by atoms with Gasteiger partial charge in [0, 0.05) is 13.1 Å². The van der Waals surface area contributed by atoms with Gasteiger partial charge in [0.05, 0.1) is 11.9 Å². The lowest BCUT2D eigenvalue weighted by atomic mass is 10.2. The fourth-order valence-corrected chi connectivity index (χ4v) is 2.65. The van der Waals surface area contributed by atoms with Crippen LogP contribution in [0.1, 0.15) is 18.9 Å². The Morgan fingerprint density at radius 3 is 3.05 bits per heavy atom. The van der Waals surface area contributed by atoms with E-state index in [4.69, 9.17) is 11.6 Å². The molecule has 0 aliphatic rings. The van der Waals surface area contributed by atoms with Gasteiger partial charge in [-0.3, -0.25) is 4.79 Å². The van der Waals surface area contributed by atoms with Gasteiger partial charge in [-0.1, -0.05) is 18.5 Å². The molecule has 0 radical (unpaired) electrons. The van der Waals surface area contributed by atoms with Crippen LogP contribution in [0, 0.1) is 0 Å². The molecule has 0 atom stereocenters. The number of thiophene rings is 1. The minimum absolute atomic E-state index is 0.216. The molecule has 0 bridgehead atoms. The van der Waals surface area contributed by atoms with E-state index in [-0.39, 0.29) is 10.6 Å². The zero-order valence-electron chi connectivity index (χ0n) is 10.7. The molecule has 0 aromatic carbocycles. The molecule has 102 valence electrons. The minimum atomic E-state index is -0.232. The van der Waals surface area contributed by atoms with Crippen LogP contribution in [0.5, 0.6) is 0 Å². The lowest BCUT2D eigenvalue weighted by molar-refractivity contribution is 0.568. The summed E-state index contributed by atoms with van der Waals surface area (Å²) in [5.41, 5.74) is 1.65. The van der Waals surface area contributed by atoms with Crippen LogP contribution in [0.15, 0.2) is 27.8 Å². The van der Waals surface area contributed by atoms with Crippen LogP contribution in [0.25, 0.3) is 0 Å². The van der Waals surface area contributed by atoms with Crippen molar-refractivity contribution in [2.45, 2.75) is 26.3 Å². The highest BCUT2D eigenvalue weighted by Gasteiger charge is 2.08. The van der Waals surface area contributed by atoms with Gasteiger partial charge in [0.25, 0.3) is 5.56 Å². The van der Waals surface area contributed by atoms with Gasteiger partial charge in [0.1, 0.15) is 5.02 Å². The van der Waals surface area contributed by atoms with Crippen molar-refractivity contribution in [3.8, 4) is 0 Å². The molecule has 2 aromatic heterocycles. The van der Waals surface area contributed by atoms with E-state index in [0.29, 0.717) is 12.2 Å². The first kappa shape index (κ1) is 14.1. The van der Waals surface area contributed by atoms with E-state index < -0.39 is 0 Å². The molecule has 19 heavy (non-hydrogen) atoms. The Morgan fingerprint density at radius 1 is 1.53 bits per heavy atom. The third-order valence-corrected chi connectivity index (χ3v) is 3.83. The number of hydrogen-bond donors (Lipinski definition) is 1. The first-order chi connectivity index (χ1) is 9.22. The summed E-state index contributed by atoms with van der Waals surface area (Å²) in [5.74, 6) is 0. The number of halogens is 1. The average molecular weight is 298 g/mol. The van der Waals surface area contributed by atoms with Gasteiger partial charge in [-0.15, -0.1) is 0 Å². The van der Waals surface area contributed by atoms with E-state index in [0.717, 1.165) is 19.4 Å². The molecule has 6 heteroatoms. The highest BCUT2D eigenvalue weighted by atomic mass is 35.5. The van der Waals surface area contributed by atoms with E-state index in [9.17, 15) is 4.79 Å². The number of hydrogen-bond acceptors (Lipinski definition) is 4. The molecular formula is C13H16ClN3OS. The zero-order valence-corrected chi connectivity index (χ0v) is 12.3. The number of nitrogens with one attached hydrogen (secondary N) is 1. The molecule has 2 heterocycles. The van der Waals surface area contributed by atoms with Crippen LogP contribution < -0.4 is 10.9 Å². The Morgan fingerprint density at radius 2 is 2.37 bits per heavy atom. The molecule has 0 fully saturated rings. The number of aryl methyl sites for hydroxylation is 1. The number of aromatic nitrogens is 2. The van der Waals surface area contributed by atoms with Gasteiger partial charge in [-0.2, -0.15) is 16.4 Å². The Labute approximate surface area is 121 Å². The van der Waals surface area contributed by atoms with Crippen LogP contribution in [0.4, 0.5) is 5.69 Å². The molecule has 0 amide bonds. The second-order valence-electron chi connectivity index (χ2n) is 4.21. The average Bonchev–Trinajstić information content (AvgIpc) is 2.91. The Kier molecular flexibility index (Phi) is 4.99. The molecule has 0 saturated carbocycles. The van der Waals surface area contributed by atoms with Crippen LogP contribution in [0.2, 0.25) is 5.02 Å². The first-order valence-corrected chi connectivity index (χ1v) is 7.55. The monoisotopic (exact) mass is 297 g/mol. The van der Waals surface area contributed by atoms with Crippen molar-refractivity contribution in [3.63, 3.8) is 0 Å². The third kappa shape index (κ3) is 3.58. The zero-order chi connectivity index (χ0) is 13.7. The Bertz CT molecular complexity index is 580. The fraction of sp³-hybridized carbons (Fsp3) is 0.385. The van der Waals surface area contributed by atoms with Gasteiger partial charge in [0.15, 0.2) is 0 Å². The third-order valence-electron chi connectivity index (χ3n) is 2.73. The number of rotatable bonds is 6. The van der Waals surface area contributed by atoms with E-state index in [1.165, 1.54) is 10.2 Å². The van der Waals surface area contributed by atoms with Gasteiger partial charge >= 0.3 is 0 Å². The van der Waals surface area contributed by atoms with Crippen LogP contribution in [0.3, 0.4) is 0 Å². The van der Waals surface area contributed by atoms with Crippen molar-refractivity contribution in [3.05, 3.63) is 44.0 Å². The van der Waals surface area contributed by atoms with Crippen molar-refractivity contribution >= 4 is 28.6 Å². The molecule has 0 saturated heterocycles. The van der Waals surface area contributed by atoms with Gasteiger partial charge < -0.3 is 5.32 Å². The summed E-state index contributed by atoms with van der Waals surface area (Å²) in [6, 6.07) is 2.09. The van der Waals surface area contributed by atoms with Crippen molar-refractivity contribution in [1.29, 1.82) is 0 Å². The summed E-state index contributed by atoms with van der Waals surface area (Å²) in [5, 5.41) is 11.6. The largest absolute Gasteiger partial charge is 0.382 e. The quantitative estimate of drug-likeness (QED) is 0.891. The molecule has 0 spiro atoms. The normalized spacial score (nSPS) is 10.6. The SMILES string of the molecule is CCCn1ncc(NCCc2ccsc2)c(Cl)c1=O. The van der Waals surface area contributed by atoms with Gasteiger partial charge in [-0.25, -0.2) is 4.68 Å². The topological polar surface area (TPSA) is 46.9 Å². The van der Waals surface area contributed by atoms with Crippen molar-refractivity contribution in [2.24, 2.45) is 0 Å². The van der Waals surface area contributed by atoms with Crippen molar-refractivity contribution in [2.75, 3.05) is 11.9 Å². The summed E-state index contributed by atoms with van der Waals surface area (Å²) in [6.45, 7) is 3.32. The highest BCUT2D eigenvalue weighted by Crippen LogP contribution is 2.15. The van der Waals surface area contributed by atoms with E-state index in [1.54, 1.807) is 17.5 Å². The smallest absolute Gasteiger partial charge is 0.287 e. The second-order valence-corrected chi connectivity index (χ2v) is 5.37. The van der Waals surface area contributed by atoms with Crippen molar-refractivity contribution < 1.29 is 0 Å². The molecule has 2 rings (SSSR count). The van der Waals surface area contributed by atoms with E-state index in [1.807, 2.05) is 6.92 Å². The first-order valence-electron chi connectivity index (χ1n) is 6.23. The maximum absolute atomic E-state index is 11.9. The maximum atomic E-state index is 11.9. The van der Waals surface area contributed by atoms with Gasteiger partial charge in [0.2, 0.25) is 0 Å². The molecule has 0 unspecified atom stereocenters. The summed E-state index contributed by atoms with van der Waals surface area (Å²) in [4.78, 5) is 11.9. The van der Waals surface area contributed by atoms with E-state index >= 15 is 0 Å². The lowest BCUT2D eigenvalue weighted by Gasteiger charge is -2.09. The van der Waals surface area contributed by atoms with E-state index in [2.05, 4.69) is 27.2 Å². The Balaban J connectivity index is 2.01. The predicted octanol–water partition coefficient (Wildman–Crippen LogP) is 3.02. The highest BCUT2D eigenvalue weighted by molar-refractivity contribution is 7.07. The summed E-state index contributed by atoms with van der Waals surface area (Å²) < 4.78 is 1.40. The molecule has 1 N–H and O–H groups in total. The molecular weight excluding hydrogens is 282 g/mol. The number of anilines is 1. The summed E-state index contributed by atoms with van der Waals surface area (Å²) in [7, 11) is 0. The van der Waals surface area contributed by atoms with Crippen LogP contribution in [-0.2, 0) is 13.0 Å². The lowest BCUT2D eigenvalue weighted by Crippen LogP contribution is -2.24. The van der Waals surface area contributed by atoms with Crippen LogP contribution in [-0.4, -0.2) is 16.3 Å². The maximum Gasteiger partial charge on any atom is 0.287 e. The second kappa shape index (κ2) is 6.73. The summed E-state index contributed by atoms with van der Waals surface area (Å²) >= 11 is 7.74. The van der Waals surface area contributed by atoms with Crippen LogP contribution >= 0.6 is 22.9 Å². The van der Waals surface area contributed by atoms with Crippen molar-refractivity contribution in [1.82, 2.24) is 9.78 Å².